The Balaban J connectivity index is 2.25. The van der Waals surface area contributed by atoms with Gasteiger partial charge in [-0.25, -0.2) is 0 Å². The van der Waals surface area contributed by atoms with Crippen LogP contribution >= 0.6 is 0 Å². The maximum absolute atomic E-state index is 4.39. The molecule has 1 fully saturated rings. The van der Waals surface area contributed by atoms with E-state index >= 15 is 0 Å². The number of piperazine rings is 1. The maximum Gasteiger partial charge on any atom is 0.193 e. The van der Waals surface area contributed by atoms with Crippen LogP contribution in [0.3, 0.4) is 0 Å². The topological polar surface area (TPSA) is 34.1 Å². The highest BCUT2D eigenvalue weighted by Gasteiger charge is 2.17. The zero-order valence-electron chi connectivity index (χ0n) is 15.4. The van der Waals surface area contributed by atoms with Crippen LogP contribution in [0.4, 0.5) is 0 Å². The molecule has 0 bridgehead atoms. The van der Waals surface area contributed by atoms with Gasteiger partial charge in [-0.15, -0.1) is 0 Å². The largest absolute Gasteiger partial charge is 0.356 e. The molecule has 0 spiro atoms. The van der Waals surface area contributed by atoms with Crippen molar-refractivity contribution in [3.63, 3.8) is 0 Å². The summed E-state index contributed by atoms with van der Waals surface area (Å²) in [6.07, 6.45) is 2.44. The van der Waals surface area contributed by atoms with E-state index in [1.807, 2.05) is 7.05 Å². The molecule has 1 heterocycles. The number of guanidine groups is 1. The van der Waals surface area contributed by atoms with Crippen molar-refractivity contribution in [3.05, 3.63) is 0 Å². The van der Waals surface area contributed by atoms with Gasteiger partial charge in [-0.3, -0.25) is 4.99 Å². The normalized spacial score (nSPS) is 19.2. The van der Waals surface area contributed by atoms with Gasteiger partial charge < -0.3 is 20.0 Å². The molecule has 130 valence electrons. The standard InChI is InChI=1S/C17H37N5/c1-6-8-9-20(5)17(18-4)19-14-16(3)15-22-12-10-21(7-2)11-13-22/h16H,6-15H2,1-5H3,(H,18,19). The molecule has 1 N–H and O–H groups in total. The van der Waals surface area contributed by atoms with Crippen molar-refractivity contribution in [2.24, 2.45) is 10.9 Å². The smallest absolute Gasteiger partial charge is 0.193 e. The molecule has 1 atom stereocenters. The number of nitrogens with one attached hydrogen (secondary N) is 1. The summed E-state index contributed by atoms with van der Waals surface area (Å²) in [5.74, 6) is 1.67. The zero-order valence-corrected chi connectivity index (χ0v) is 15.4. The molecule has 22 heavy (non-hydrogen) atoms. The molecular formula is C17H37N5. The van der Waals surface area contributed by atoms with Crippen LogP contribution in [0, 0.1) is 5.92 Å². The lowest BCUT2D eigenvalue weighted by atomic mass is 10.1. The van der Waals surface area contributed by atoms with Crippen LogP contribution in [0.15, 0.2) is 4.99 Å². The fourth-order valence-corrected chi connectivity index (χ4v) is 2.94. The van der Waals surface area contributed by atoms with Crippen LogP contribution < -0.4 is 5.32 Å². The van der Waals surface area contributed by atoms with Crippen LogP contribution in [0.25, 0.3) is 0 Å². The third-order valence-corrected chi connectivity index (χ3v) is 4.51. The second kappa shape index (κ2) is 10.8. The van der Waals surface area contributed by atoms with Gasteiger partial charge in [-0.1, -0.05) is 27.2 Å². The first kappa shape index (κ1) is 19.2. The number of hydrogen-bond acceptors (Lipinski definition) is 3. The molecule has 5 nitrogen and oxygen atoms in total. The van der Waals surface area contributed by atoms with Crippen molar-refractivity contribution in [1.82, 2.24) is 20.0 Å². The first-order valence-electron chi connectivity index (χ1n) is 8.97. The highest BCUT2D eigenvalue weighted by molar-refractivity contribution is 5.79. The number of likely N-dealkylation sites (N-methyl/N-ethyl adjacent to an activating group) is 1. The molecule has 1 unspecified atom stereocenters. The van der Waals surface area contributed by atoms with Crippen LogP contribution in [0.5, 0.6) is 0 Å². The van der Waals surface area contributed by atoms with Gasteiger partial charge in [0.15, 0.2) is 5.96 Å². The molecule has 0 aromatic rings. The van der Waals surface area contributed by atoms with Gasteiger partial charge in [0.05, 0.1) is 0 Å². The predicted octanol–water partition coefficient (Wildman–Crippen LogP) is 1.57. The van der Waals surface area contributed by atoms with Crippen LogP contribution in [-0.2, 0) is 0 Å². The number of nitrogens with zero attached hydrogens (tertiary/aromatic N) is 4. The molecule has 0 aromatic carbocycles. The van der Waals surface area contributed by atoms with E-state index in [4.69, 9.17) is 0 Å². The lowest BCUT2D eigenvalue weighted by molar-refractivity contribution is 0.124. The monoisotopic (exact) mass is 311 g/mol. The van der Waals surface area contributed by atoms with E-state index in [2.05, 4.69) is 52.8 Å². The Labute approximate surface area is 137 Å². The van der Waals surface area contributed by atoms with Crippen molar-refractivity contribution in [2.75, 3.05) is 66.5 Å². The predicted molar refractivity (Wildman–Crippen MR) is 96.6 cm³/mol. The van der Waals surface area contributed by atoms with E-state index in [9.17, 15) is 0 Å². The summed E-state index contributed by atoms with van der Waals surface area (Å²) >= 11 is 0. The van der Waals surface area contributed by atoms with E-state index < -0.39 is 0 Å². The summed E-state index contributed by atoms with van der Waals surface area (Å²) in [7, 11) is 4.00. The van der Waals surface area contributed by atoms with Crippen LogP contribution in [0.2, 0.25) is 0 Å². The lowest BCUT2D eigenvalue weighted by Gasteiger charge is -2.35. The minimum absolute atomic E-state index is 0.643. The van der Waals surface area contributed by atoms with E-state index in [-0.39, 0.29) is 0 Å². The Bertz CT molecular complexity index is 310. The third kappa shape index (κ3) is 6.97. The zero-order chi connectivity index (χ0) is 16.4. The molecule has 1 saturated heterocycles. The summed E-state index contributed by atoms with van der Waals surface area (Å²) in [5, 5.41) is 3.53. The highest BCUT2D eigenvalue weighted by atomic mass is 15.3. The first-order valence-corrected chi connectivity index (χ1v) is 8.97. The molecule has 1 aliphatic heterocycles. The fourth-order valence-electron chi connectivity index (χ4n) is 2.94. The maximum atomic E-state index is 4.39. The minimum atomic E-state index is 0.643. The van der Waals surface area contributed by atoms with Crippen molar-refractivity contribution in [2.45, 2.75) is 33.6 Å². The van der Waals surface area contributed by atoms with Crippen molar-refractivity contribution in [1.29, 1.82) is 0 Å². The average Bonchev–Trinajstić information content (AvgIpc) is 2.54. The molecule has 0 amide bonds. The Morgan fingerprint density at radius 1 is 1.18 bits per heavy atom. The van der Waals surface area contributed by atoms with E-state index in [0.29, 0.717) is 5.92 Å². The van der Waals surface area contributed by atoms with E-state index in [1.54, 1.807) is 0 Å². The number of aliphatic imine (C=N–C) groups is 1. The Morgan fingerprint density at radius 2 is 1.82 bits per heavy atom. The van der Waals surface area contributed by atoms with E-state index in [0.717, 1.165) is 19.0 Å². The van der Waals surface area contributed by atoms with Crippen molar-refractivity contribution in [3.8, 4) is 0 Å². The van der Waals surface area contributed by atoms with Gasteiger partial charge in [-0.05, 0) is 18.9 Å². The number of hydrogen-bond donors (Lipinski definition) is 1. The molecule has 5 heteroatoms. The highest BCUT2D eigenvalue weighted by Crippen LogP contribution is 2.05. The molecule has 1 rings (SSSR count). The summed E-state index contributed by atoms with van der Waals surface area (Å²) < 4.78 is 0. The Morgan fingerprint density at radius 3 is 2.36 bits per heavy atom. The molecule has 0 aliphatic carbocycles. The first-order chi connectivity index (χ1) is 10.6. The summed E-state index contributed by atoms with van der Waals surface area (Å²) in [4.78, 5) is 11.8. The average molecular weight is 312 g/mol. The van der Waals surface area contributed by atoms with Gasteiger partial charge >= 0.3 is 0 Å². The summed E-state index contributed by atoms with van der Waals surface area (Å²) in [6.45, 7) is 16.1. The van der Waals surface area contributed by atoms with E-state index in [1.165, 1.54) is 52.1 Å². The van der Waals surface area contributed by atoms with Gasteiger partial charge in [0.25, 0.3) is 0 Å². The molecule has 0 aromatic heterocycles. The fraction of sp³-hybridized carbons (Fsp3) is 0.941. The van der Waals surface area contributed by atoms with Gasteiger partial charge in [-0.2, -0.15) is 0 Å². The molecule has 1 aliphatic rings. The third-order valence-electron chi connectivity index (χ3n) is 4.51. The summed E-state index contributed by atoms with van der Waals surface area (Å²) in [5.41, 5.74) is 0. The number of rotatable bonds is 8. The Kier molecular flexibility index (Phi) is 9.48. The lowest BCUT2D eigenvalue weighted by Crippen LogP contribution is -2.48. The molecule has 0 saturated carbocycles. The van der Waals surface area contributed by atoms with Crippen LogP contribution in [0.1, 0.15) is 33.6 Å². The van der Waals surface area contributed by atoms with Gasteiger partial charge in [0, 0.05) is 59.9 Å². The van der Waals surface area contributed by atoms with Crippen molar-refractivity contribution >= 4 is 5.96 Å². The summed E-state index contributed by atoms with van der Waals surface area (Å²) in [6, 6.07) is 0. The molecular weight excluding hydrogens is 274 g/mol. The quantitative estimate of drug-likeness (QED) is 0.545. The SMILES string of the molecule is CCCCN(C)C(=NC)NCC(C)CN1CCN(CC)CC1. The molecule has 0 radical (unpaired) electrons. The number of unbranched alkanes of at least 4 members (excludes halogenated alkanes) is 1. The van der Waals surface area contributed by atoms with Gasteiger partial charge in [0.1, 0.15) is 0 Å². The Hall–Kier alpha value is -0.810. The second-order valence-electron chi connectivity index (χ2n) is 6.54. The second-order valence-corrected chi connectivity index (χ2v) is 6.54. The van der Waals surface area contributed by atoms with Crippen LogP contribution in [-0.4, -0.2) is 87.1 Å². The van der Waals surface area contributed by atoms with Crippen molar-refractivity contribution < 1.29 is 0 Å². The van der Waals surface area contributed by atoms with Gasteiger partial charge in [0.2, 0.25) is 0 Å². The minimum Gasteiger partial charge on any atom is -0.356 e.